The van der Waals surface area contributed by atoms with Crippen molar-refractivity contribution in [3.05, 3.63) is 29.4 Å². The number of aromatic nitrogens is 2. The maximum Gasteiger partial charge on any atom is 0.129 e. The Hall–Kier alpha value is -1.68. The quantitative estimate of drug-likeness (QED) is 0.778. The second kappa shape index (κ2) is 3.47. The normalized spacial score (nSPS) is 10.5. The molecule has 0 unspecified atom stereocenters. The van der Waals surface area contributed by atoms with Crippen LogP contribution in [-0.2, 0) is 7.05 Å². The maximum atomic E-state index is 9.70. The van der Waals surface area contributed by atoms with Crippen molar-refractivity contribution >= 4 is 17.4 Å². The molecule has 0 radical (unpaired) electrons. The van der Waals surface area contributed by atoms with Gasteiger partial charge in [-0.2, -0.15) is 5.10 Å². The van der Waals surface area contributed by atoms with Gasteiger partial charge in [0, 0.05) is 23.2 Å². The van der Waals surface area contributed by atoms with Gasteiger partial charge in [0.05, 0.1) is 6.20 Å². The first-order chi connectivity index (χ1) is 7.09. The molecule has 3 N–H and O–H groups in total. The summed E-state index contributed by atoms with van der Waals surface area (Å²) in [6.45, 7) is 0. The summed E-state index contributed by atoms with van der Waals surface area (Å²) >= 11 is 5.74. The van der Waals surface area contributed by atoms with Crippen LogP contribution in [0.5, 0.6) is 5.75 Å². The molecule has 1 aromatic carbocycles. The van der Waals surface area contributed by atoms with E-state index in [0.29, 0.717) is 22.0 Å². The highest BCUT2D eigenvalue weighted by Crippen LogP contribution is 2.34. The fourth-order valence-corrected chi connectivity index (χ4v) is 1.55. The van der Waals surface area contributed by atoms with Crippen LogP contribution in [0, 0.1) is 0 Å². The third kappa shape index (κ3) is 1.64. The van der Waals surface area contributed by atoms with Crippen molar-refractivity contribution in [2.75, 3.05) is 5.73 Å². The number of nitrogen functional groups attached to an aromatic ring is 1. The van der Waals surface area contributed by atoms with E-state index in [-0.39, 0.29) is 5.75 Å². The van der Waals surface area contributed by atoms with Gasteiger partial charge in [0.25, 0.3) is 0 Å². The van der Waals surface area contributed by atoms with Crippen LogP contribution in [0.4, 0.5) is 5.82 Å². The number of halogens is 1. The Balaban J connectivity index is 2.59. The van der Waals surface area contributed by atoms with Gasteiger partial charge in [-0.15, -0.1) is 0 Å². The van der Waals surface area contributed by atoms with Crippen molar-refractivity contribution in [2.45, 2.75) is 0 Å². The Morgan fingerprint density at radius 1 is 1.40 bits per heavy atom. The molecule has 0 bridgehead atoms. The largest absolute Gasteiger partial charge is 0.507 e. The Labute approximate surface area is 91.9 Å². The van der Waals surface area contributed by atoms with E-state index in [0.717, 1.165) is 0 Å². The van der Waals surface area contributed by atoms with Crippen molar-refractivity contribution < 1.29 is 5.11 Å². The zero-order chi connectivity index (χ0) is 11.0. The number of anilines is 1. The SMILES string of the molecule is Cn1ncc(-c2ccc(Cl)cc2O)c1N. The van der Waals surface area contributed by atoms with Gasteiger partial charge in [-0.3, -0.25) is 4.68 Å². The van der Waals surface area contributed by atoms with Gasteiger partial charge in [0.15, 0.2) is 0 Å². The molecule has 15 heavy (non-hydrogen) atoms. The van der Waals surface area contributed by atoms with Gasteiger partial charge < -0.3 is 10.8 Å². The van der Waals surface area contributed by atoms with Gasteiger partial charge in [0.2, 0.25) is 0 Å². The number of nitrogens with two attached hydrogens (primary N) is 1. The third-order valence-electron chi connectivity index (χ3n) is 2.23. The maximum absolute atomic E-state index is 9.70. The van der Waals surface area contributed by atoms with Crippen LogP contribution in [0.3, 0.4) is 0 Å². The monoisotopic (exact) mass is 223 g/mol. The summed E-state index contributed by atoms with van der Waals surface area (Å²) in [5.41, 5.74) is 7.13. The van der Waals surface area contributed by atoms with E-state index >= 15 is 0 Å². The van der Waals surface area contributed by atoms with E-state index in [1.165, 1.54) is 6.07 Å². The average Bonchev–Trinajstić information content (AvgIpc) is 2.49. The molecule has 2 aromatic rings. The minimum Gasteiger partial charge on any atom is -0.507 e. The summed E-state index contributed by atoms with van der Waals surface area (Å²) in [6, 6.07) is 4.89. The van der Waals surface area contributed by atoms with Crippen LogP contribution in [0.1, 0.15) is 0 Å². The first-order valence-electron chi connectivity index (χ1n) is 4.36. The molecule has 0 atom stereocenters. The topological polar surface area (TPSA) is 64.1 Å². The van der Waals surface area contributed by atoms with Crippen molar-refractivity contribution in [2.24, 2.45) is 7.05 Å². The molecule has 4 nitrogen and oxygen atoms in total. The summed E-state index contributed by atoms with van der Waals surface area (Å²) in [5, 5.41) is 14.2. The van der Waals surface area contributed by atoms with Crippen LogP contribution in [-0.4, -0.2) is 14.9 Å². The van der Waals surface area contributed by atoms with Crippen LogP contribution in [0.25, 0.3) is 11.1 Å². The minimum atomic E-state index is 0.0993. The number of nitrogens with zero attached hydrogens (tertiary/aromatic N) is 2. The van der Waals surface area contributed by atoms with Crippen molar-refractivity contribution in [3.8, 4) is 16.9 Å². The standard InChI is InChI=1S/C10H10ClN3O/c1-14-10(12)8(5-13-14)7-3-2-6(11)4-9(7)15/h2-5,15H,12H2,1H3. The molecule has 0 saturated carbocycles. The smallest absolute Gasteiger partial charge is 0.129 e. The highest BCUT2D eigenvalue weighted by atomic mass is 35.5. The molecule has 78 valence electrons. The fourth-order valence-electron chi connectivity index (χ4n) is 1.39. The Morgan fingerprint density at radius 3 is 2.67 bits per heavy atom. The number of aryl methyl sites for hydroxylation is 1. The van der Waals surface area contributed by atoms with Crippen LogP contribution >= 0.6 is 11.6 Å². The zero-order valence-corrected chi connectivity index (χ0v) is 8.86. The lowest BCUT2D eigenvalue weighted by molar-refractivity contribution is 0.477. The summed E-state index contributed by atoms with van der Waals surface area (Å²) in [6.07, 6.45) is 1.61. The van der Waals surface area contributed by atoms with E-state index in [1.807, 2.05) is 0 Å². The van der Waals surface area contributed by atoms with E-state index in [1.54, 1.807) is 30.1 Å². The van der Waals surface area contributed by atoms with Gasteiger partial charge >= 0.3 is 0 Å². The fraction of sp³-hybridized carbons (Fsp3) is 0.100. The predicted octanol–water partition coefficient (Wildman–Crippen LogP) is 2.03. The predicted molar refractivity (Wildman–Crippen MR) is 59.7 cm³/mol. The number of phenols is 1. The van der Waals surface area contributed by atoms with Gasteiger partial charge in [-0.05, 0) is 18.2 Å². The molecule has 5 heteroatoms. The Bertz CT molecular complexity index is 507. The second-order valence-electron chi connectivity index (χ2n) is 3.23. The lowest BCUT2D eigenvalue weighted by Crippen LogP contribution is -1.98. The average molecular weight is 224 g/mol. The minimum absolute atomic E-state index is 0.0993. The highest BCUT2D eigenvalue weighted by Gasteiger charge is 2.11. The second-order valence-corrected chi connectivity index (χ2v) is 3.66. The summed E-state index contributed by atoms with van der Waals surface area (Å²) < 4.78 is 1.55. The molecule has 2 rings (SSSR count). The third-order valence-corrected chi connectivity index (χ3v) is 2.47. The van der Waals surface area contributed by atoms with Crippen LogP contribution in [0.15, 0.2) is 24.4 Å². The molecular weight excluding hydrogens is 214 g/mol. The number of benzene rings is 1. The lowest BCUT2D eigenvalue weighted by Gasteiger charge is -2.04. The molecule has 0 spiro atoms. The van der Waals surface area contributed by atoms with E-state index in [4.69, 9.17) is 17.3 Å². The van der Waals surface area contributed by atoms with E-state index < -0.39 is 0 Å². The van der Waals surface area contributed by atoms with Gasteiger partial charge in [-0.25, -0.2) is 0 Å². The summed E-state index contributed by atoms with van der Waals surface area (Å²) in [4.78, 5) is 0. The zero-order valence-electron chi connectivity index (χ0n) is 8.11. The van der Waals surface area contributed by atoms with Crippen LogP contribution < -0.4 is 5.73 Å². The molecule has 0 aliphatic heterocycles. The van der Waals surface area contributed by atoms with E-state index in [2.05, 4.69) is 5.10 Å². The number of hydrogen-bond donors (Lipinski definition) is 2. The van der Waals surface area contributed by atoms with Crippen molar-refractivity contribution in [3.63, 3.8) is 0 Å². The van der Waals surface area contributed by atoms with Crippen LogP contribution in [0.2, 0.25) is 5.02 Å². The first kappa shape index (κ1) is 9.86. The molecule has 1 heterocycles. The Morgan fingerprint density at radius 2 is 2.13 bits per heavy atom. The summed E-state index contributed by atoms with van der Waals surface area (Å²) in [7, 11) is 1.74. The number of hydrogen-bond acceptors (Lipinski definition) is 3. The van der Waals surface area contributed by atoms with Gasteiger partial charge in [-0.1, -0.05) is 11.6 Å². The Kier molecular flexibility index (Phi) is 2.28. The van der Waals surface area contributed by atoms with E-state index in [9.17, 15) is 5.11 Å². The molecule has 0 aliphatic rings. The first-order valence-corrected chi connectivity index (χ1v) is 4.73. The number of aromatic hydroxyl groups is 1. The lowest BCUT2D eigenvalue weighted by atomic mass is 10.1. The number of rotatable bonds is 1. The van der Waals surface area contributed by atoms with Gasteiger partial charge in [0.1, 0.15) is 11.6 Å². The molecule has 0 amide bonds. The molecular formula is C10H10ClN3O. The molecule has 0 saturated heterocycles. The number of phenolic OH excluding ortho intramolecular Hbond substituents is 1. The van der Waals surface area contributed by atoms with Crippen molar-refractivity contribution in [1.29, 1.82) is 0 Å². The molecule has 0 aliphatic carbocycles. The molecule has 1 aromatic heterocycles. The summed E-state index contributed by atoms with van der Waals surface area (Å²) in [5.74, 6) is 0.606. The van der Waals surface area contributed by atoms with Crippen molar-refractivity contribution in [1.82, 2.24) is 9.78 Å². The highest BCUT2D eigenvalue weighted by molar-refractivity contribution is 6.30. The molecule has 0 fully saturated rings.